The van der Waals surface area contributed by atoms with Gasteiger partial charge in [0.2, 0.25) is 5.91 Å². The molecular formula is C23H23ClN2O3. The summed E-state index contributed by atoms with van der Waals surface area (Å²) in [6.07, 6.45) is 3.77. The number of carbonyl (C=O) groups excluding carboxylic acids is 1. The Kier molecular flexibility index (Phi) is 5.58. The first-order valence-electron chi connectivity index (χ1n) is 9.75. The third kappa shape index (κ3) is 4.01. The van der Waals surface area contributed by atoms with Gasteiger partial charge in [-0.3, -0.25) is 4.79 Å². The Bertz CT molecular complexity index is 974. The van der Waals surface area contributed by atoms with Crippen molar-refractivity contribution < 1.29 is 14.1 Å². The molecule has 0 radical (unpaired) electrons. The van der Waals surface area contributed by atoms with Crippen LogP contribution in [-0.2, 0) is 16.8 Å². The van der Waals surface area contributed by atoms with Crippen molar-refractivity contribution in [3.05, 3.63) is 70.9 Å². The highest BCUT2D eigenvalue weighted by Crippen LogP contribution is 2.41. The maximum Gasteiger partial charge on any atom is 0.230 e. The number of nitrogens with one attached hydrogen (secondary N) is 1. The lowest BCUT2D eigenvalue weighted by atomic mass is 9.78. The number of methoxy groups -OCH3 is 1. The van der Waals surface area contributed by atoms with Crippen molar-refractivity contribution in [1.82, 2.24) is 10.5 Å². The van der Waals surface area contributed by atoms with Crippen LogP contribution in [-0.4, -0.2) is 18.2 Å². The quantitative estimate of drug-likeness (QED) is 0.611. The molecule has 5 nitrogen and oxygen atoms in total. The van der Waals surface area contributed by atoms with Gasteiger partial charge in [0.1, 0.15) is 11.4 Å². The average Bonchev–Trinajstić information content (AvgIpc) is 3.43. The van der Waals surface area contributed by atoms with Crippen molar-refractivity contribution in [1.29, 1.82) is 0 Å². The molecule has 0 bridgehead atoms. The van der Waals surface area contributed by atoms with Gasteiger partial charge in [-0.2, -0.15) is 0 Å². The summed E-state index contributed by atoms with van der Waals surface area (Å²) in [7, 11) is 1.63. The van der Waals surface area contributed by atoms with Gasteiger partial charge in [0.15, 0.2) is 5.76 Å². The minimum atomic E-state index is -0.493. The number of rotatable bonds is 6. The summed E-state index contributed by atoms with van der Waals surface area (Å²) < 4.78 is 10.6. The lowest BCUT2D eigenvalue weighted by Crippen LogP contribution is -2.42. The number of nitrogens with zero attached hydrogens (tertiary/aromatic N) is 1. The number of amides is 1. The van der Waals surface area contributed by atoms with E-state index in [0.29, 0.717) is 23.0 Å². The second-order valence-corrected chi connectivity index (χ2v) is 7.83. The molecule has 29 heavy (non-hydrogen) atoms. The third-order valence-electron chi connectivity index (χ3n) is 5.65. The number of aromatic nitrogens is 1. The van der Waals surface area contributed by atoms with Crippen LogP contribution in [0.15, 0.2) is 59.1 Å². The van der Waals surface area contributed by atoms with Gasteiger partial charge in [0, 0.05) is 16.7 Å². The SMILES string of the molecule is COc1ccc(-c2cc(CNC(=O)C3(c4ccc(Cl)cc4)CCCC3)no2)cc1. The van der Waals surface area contributed by atoms with Crippen molar-refractivity contribution in [2.45, 2.75) is 37.6 Å². The Morgan fingerprint density at radius 2 is 1.83 bits per heavy atom. The van der Waals surface area contributed by atoms with E-state index in [0.717, 1.165) is 42.6 Å². The molecule has 0 unspecified atom stereocenters. The number of ether oxygens (including phenoxy) is 1. The first kappa shape index (κ1) is 19.5. The molecule has 4 rings (SSSR count). The summed E-state index contributed by atoms with van der Waals surface area (Å²) in [5.41, 5.74) is 2.13. The van der Waals surface area contributed by atoms with Gasteiger partial charge >= 0.3 is 0 Å². The minimum Gasteiger partial charge on any atom is -0.497 e. The maximum absolute atomic E-state index is 13.2. The summed E-state index contributed by atoms with van der Waals surface area (Å²) >= 11 is 6.03. The molecule has 1 aliphatic carbocycles. The Morgan fingerprint density at radius 3 is 2.48 bits per heavy atom. The molecule has 1 fully saturated rings. The number of hydrogen-bond acceptors (Lipinski definition) is 4. The van der Waals surface area contributed by atoms with E-state index in [9.17, 15) is 4.79 Å². The van der Waals surface area contributed by atoms with E-state index in [1.807, 2.05) is 54.6 Å². The molecule has 6 heteroatoms. The van der Waals surface area contributed by atoms with Gasteiger partial charge in [-0.25, -0.2) is 0 Å². The first-order valence-corrected chi connectivity index (χ1v) is 10.1. The average molecular weight is 411 g/mol. The van der Waals surface area contributed by atoms with Crippen LogP contribution in [0.4, 0.5) is 0 Å². The number of hydrogen-bond donors (Lipinski definition) is 1. The number of carbonyl (C=O) groups is 1. The largest absolute Gasteiger partial charge is 0.497 e. The van der Waals surface area contributed by atoms with E-state index in [-0.39, 0.29) is 5.91 Å². The Balaban J connectivity index is 1.46. The zero-order chi connectivity index (χ0) is 20.3. The Hall–Kier alpha value is -2.79. The molecule has 1 aromatic heterocycles. The second kappa shape index (κ2) is 8.29. The van der Waals surface area contributed by atoms with Crippen LogP contribution in [0, 0.1) is 0 Å². The topological polar surface area (TPSA) is 64.4 Å². The van der Waals surface area contributed by atoms with Crippen molar-refractivity contribution in [2.75, 3.05) is 7.11 Å². The van der Waals surface area contributed by atoms with Gasteiger partial charge < -0.3 is 14.6 Å². The molecule has 1 saturated carbocycles. The van der Waals surface area contributed by atoms with Crippen LogP contribution in [0.2, 0.25) is 5.02 Å². The van der Waals surface area contributed by atoms with Crippen LogP contribution in [0.25, 0.3) is 11.3 Å². The second-order valence-electron chi connectivity index (χ2n) is 7.39. The van der Waals surface area contributed by atoms with Crippen molar-refractivity contribution in [3.63, 3.8) is 0 Å². The first-order chi connectivity index (χ1) is 14.1. The molecule has 0 aliphatic heterocycles. The van der Waals surface area contributed by atoms with Gasteiger partial charge in [-0.1, -0.05) is 41.7 Å². The predicted octanol–water partition coefficient (Wildman–Crippen LogP) is 5.13. The van der Waals surface area contributed by atoms with E-state index < -0.39 is 5.41 Å². The molecular weight excluding hydrogens is 388 g/mol. The molecule has 2 aromatic carbocycles. The molecule has 0 spiro atoms. The molecule has 1 heterocycles. The van der Waals surface area contributed by atoms with Crippen molar-refractivity contribution >= 4 is 17.5 Å². The fourth-order valence-corrected chi connectivity index (χ4v) is 4.15. The molecule has 1 aliphatic rings. The van der Waals surface area contributed by atoms with Gasteiger partial charge in [-0.05, 0) is 54.8 Å². The van der Waals surface area contributed by atoms with Crippen molar-refractivity contribution in [2.24, 2.45) is 0 Å². The number of halogens is 1. The fraction of sp³-hybridized carbons (Fsp3) is 0.304. The van der Waals surface area contributed by atoms with Crippen LogP contribution >= 0.6 is 11.6 Å². The summed E-state index contributed by atoms with van der Waals surface area (Å²) in [5.74, 6) is 1.47. The zero-order valence-electron chi connectivity index (χ0n) is 16.3. The van der Waals surface area contributed by atoms with Crippen LogP contribution in [0.5, 0.6) is 5.75 Å². The van der Waals surface area contributed by atoms with E-state index in [4.69, 9.17) is 20.9 Å². The molecule has 1 N–H and O–H groups in total. The Morgan fingerprint density at radius 1 is 1.14 bits per heavy atom. The van der Waals surface area contributed by atoms with E-state index >= 15 is 0 Å². The van der Waals surface area contributed by atoms with E-state index in [1.54, 1.807) is 7.11 Å². The highest BCUT2D eigenvalue weighted by molar-refractivity contribution is 6.30. The Labute approximate surface area is 175 Å². The summed E-state index contributed by atoms with van der Waals surface area (Å²) in [6.45, 7) is 0.327. The molecule has 0 atom stereocenters. The monoisotopic (exact) mass is 410 g/mol. The normalized spacial score (nSPS) is 15.2. The smallest absolute Gasteiger partial charge is 0.230 e. The van der Waals surface area contributed by atoms with Crippen LogP contribution in [0.3, 0.4) is 0 Å². The summed E-state index contributed by atoms with van der Waals surface area (Å²) in [5, 5.41) is 7.84. The standard InChI is InChI=1S/C23H23ClN2O3/c1-28-20-10-4-16(5-11-20)21-14-19(26-29-21)15-25-22(27)23(12-2-3-13-23)17-6-8-18(24)9-7-17/h4-11,14H,2-3,12-13,15H2,1H3,(H,25,27). The van der Waals surface area contributed by atoms with E-state index in [2.05, 4.69) is 10.5 Å². The highest BCUT2D eigenvalue weighted by atomic mass is 35.5. The maximum atomic E-state index is 13.2. The molecule has 1 amide bonds. The fourth-order valence-electron chi connectivity index (χ4n) is 4.02. The van der Waals surface area contributed by atoms with Gasteiger partial charge in [-0.15, -0.1) is 0 Å². The lowest BCUT2D eigenvalue weighted by molar-refractivity contribution is -0.126. The summed E-state index contributed by atoms with van der Waals surface area (Å²) in [4.78, 5) is 13.2. The van der Waals surface area contributed by atoms with Crippen LogP contribution < -0.4 is 10.1 Å². The molecule has 0 saturated heterocycles. The van der Waals surface area contributed by atoms with E-state index in [1.165, 1.54) is 0 Å². The third-order valence-corrected chi connectivity index (χ3v) is 5.90. The van der Waals surface area contributed by atoms with Gasteiger partial charge in [0.25, 0.3) is 0 Å². The zero-order valence-corrected chi connectivity index (χ0v) is 17.0. The molecule has 150 valence electrons. The number of benzene rings is 2. The predicted molar refractivity (Wildman–Crippen MR) is 112 cm³/mol. The van der Waals surface area contributed by atoms with Crippen LogP contribution in [0.1, 0.15) is 36.9 Å². The van der Waals surface area contributed by atoms with Crippen molar-refractivity contribution in [3.8, 4) is 17.1 Å². The highest BCUT2D eigenvalue weighted by Gasteiger charge is 2.42. The lowest BCUT2D eigenvalue weighted by Gasteiger charge is -2.28. The molecule has 3 aromatic rings. The summed E-state index contributed by atoms with van der Waals surface area (Å²) in [6, 6.07) is 17.0. The van der Waals surface area contributed by atoms with Gasteiger partial charge in [0.05, 0.1) is 19.1 Å². The minimum absolute atomic E-state index is 0.0336.